The molecule has 7 nitrogen and oxygen atoms in total. The van der Waals surface area contributed by atoms with Crippen molar-refractivity contribution < 1.29 is 29.3 Å². The average molecular weight is 412 g/mol. The molecule has 2 rings (SSSR count). The molecule has 1 amide bonds. The second-order valence-electron chi connectivity index (χ2n) is 7.11. The Bertz CT molecular complexity index is 682. The molecule has 28 heavy (non-hydrogen) atoms. The van der Waals surface area contributed by atoms with Gasteiger partial charge in [0, 0.05) is 24.7 Å². The third kappa shape index (κ3) is 5.47. The Morgan fingerprint density at radius 3 is 2.57 bits per heavy atom. The van der Waals surface area contributed by atoms with Gasteiger partial charge in [-0.1, -0.05) is 36.4 Å². The Morgan fingerprint density at radius 1 is 1.39 bits per heavy atom. The van der Waals surface area contributed by atoms with Crippen LogP contribution in [0.4, 0.5) is 0 Å². The lowest BCUT2D eigenvalue weighted by molar-refractivity contribution is -0.186. The quantitative estimate of drug-likeness (QED) is 0.587. The van der Waals surface area contributed by atoms with E-state index in [0.29, 0.717) is 6.42 Å². The predicted octanol–water partition coefficient (Wildman–Crippen LogP) is 1.77. The maximum absolute atomic E-state index is 12.7. The first-order chi connectivity index (χ1) is 13.2. The number of esters is 1. The third-order valence-electron chi connectivity index (χ3n) is 4.78. The van der Waals surface area contributed by atoms with Crippen molar-refractivity contribution >= 4 is 23.6 Å². The zero-order valence-corrected chi connectivity index (χ0v) is 17.5. The van der Waals surface area contributed by atoms with Crippen molar-refractivity contribution in [2.45, 2.75) is 74.2 Å². The smallest absolute Gasteiger partial charge is 0.349 e. The molecule has 0 saturated carbocycles. The molecular formula is C20H29NO6S. The van der Waals surface area contributed by atoms with Gasteiger partial charge in [0.1, 0.15) is 0 Å². The third-order valence-corrected chi connectivity index (χ3v) is 6.05. The van der Waals surface area contributed by atoms with Gasteiger partial charge < -0.3 is 25.0 Å². The average Bonchev–Trinajstić information content (AvgIpc) is 2.65. The summed E-state index contributed by atoms with van der Waals surface area (Å²) in [4.78, 5) is 23.6. The number of hydrogen-bond donors (Lipinski definition) is 3. The van der Waals surface area contributed by atoms with Gasteiger partial charge >= 0.3 is 5.97 Å². The number of aliphatic hydroxyl groups excluding tert-OH is 2. The van der Waals surface area contributed by atoms with Crippen LogP contribution in [0.25, 0.3) is 0 Å². The van der Waals surface area contributed by atoms with Crippen molar-refractivity contribution in [1.82, 2.24) is 5.32 Å². The van der Waals surface area contributed by atoms with Crippen LogP contribution in [-0.4, -0.2) is 58.5 Å². The lowest BCUT2D eigenvalue weighted by atomic mass is 9.91. The highest BCUT2D eigenvalue weighted by Gasteiger charge is 2.53. The Morgan fingerprint density at radius 2 is 2.04 bits per heavy atom. The normalized spacial score (nSPS) is 28.4. The van der Waals surface area contributed by atoms with E-state index in [2.05, 4.69) is 5.32 Å². The molecule has 0 spiro atoms. The first kappa shape index (κ1) is 22.7. The summed E-state index contributed by atoms with van der Waals surface area (Å²) in [5.41, 5.74) is 1.08. The van der Waals surface area contributed by atoms with Crippen LogP contribution in [0.1, 0.15) is 38.7 Å². The second-order valence-corrected chi connectivity index (χ2v) is 8.45. The van der Waals surface area contributed by atoms with Crippen LogP contribution in [0.5, 0.6) is 0 Å². The highest BCUT2D eigenvalue weighted by Crippen LogP contribution is 2.44. The van der Waals surface area contributed by atoms with Gasteiger partial charge in [-0.2, -0.15) is 0 Å². The van der Waals surface area contributed by atoms with Gasteiger partial charge in [-0.15, -0.1) is 0 Å². The van der Waals surface area contributed by atoms with Crippen LogP contribution in [0.15, 0.2) is 29.2 Å². The molecule has 0 aliphatic carbocycles. The summed E-state index contributed by atoms with van der Waals surface area (Å²) >= 11 is 1.17. The number of carbonyl (C=O) groups excluding carboxylic acids is 2. The molecule has 0 aromatic heterocycles. The molecule has 1 saturated heterocycles. The molecule has 1 aromatic carbocycles. The number of benzene rings is 1. The van der Waals surface area contributed by atoms with Crippen LogP contribution in [0, 0.1) is 6.92 Å². The zero-order chi connectivity index (χ0) is 20.9. The van der Waals surface area contributed by atoms with E-state index in [4.69, 9.17) is 9.47 Å². The molecule has 1 fully saturated rings. The van der Waals surface area contributed by atoms with Gasteiger partial charge in [-0.3, -0.25) is 4.79 Å². The van der Waals surface area contributed by atoms with E-state index in [1.807, 2.05) is 38.1 Å². The summed E-state index contributed by atoms with van der Waals surface area (Å²) in [5, 5.41) is 23.6. The minimum absolute atomic E-state index is 0.0537. The fourth-order valence-corrected chi connectivity index (χ4v) is 4.51. The van der Waals surface area contributed by atoms with Crippen molar-refractivity contribution in [2.24, 2.45) is 0 Å². The first-order valence-electron chi connectivity index (χ1n) is 9.36. The van der Waals surface area contributed by atoms with Gasteiger partial charge in [0.15, 0.2) is 0 Å². The van der Waals surface area contributed by atoms with Gasteiger partial charge in [-0.25, -0.2) is 4.79 Å². The second kappa shape index (κ2) is 9.73. The van der Waals surface area contributed by atoms with Gasteiger partial charge in [0.05, 0.1) is 31.5 Å². The number of thioether (sulfide) groups is 1. The van der Waals surface area contributed by atoms with E-state index in [-0.39, 0.29) is 18.7 Å². The molecule has 1 aliphatic heterocycles. The Hall–Kier alpha value is -1.61. The number of methoxy groups -OCH3 is 1. The van der Waals surface area contributed by atoms with Crippen molar-refractivity contribution in [2.75, 3.05) is 7.11 Å². The summed E-state index contributed by atoms with van der Waals surface area (Å²) in [6.45, 7) is 5.14. The van der Waals surface area contributed by atoms with Crippen LogP contribution >= 0.6 is 11.8 Å². The number of carbonyl (C=O) groups is 2. The Labute approximate surface area is 169 Å². The SMILES string of the molecule is CC[C@@H](O)C[C@@H]1O[C@](Sc2ccc(C)cc2)(C(=O)OC)C[C@H](O)[C@H]1NC(C)=O. The highest BCUT2D eigenvalue weighted by atomic mass is 32.2. The molecule has 1 heterocycles. The lowest BCUT2D eigenvalue weighted by Crippen LogP contribution is -2.62. The molecule has 8 heteroatoms. The number of nitrogens with one attached hydrogen (secondary N) is 1. The number of amides is 1. The van der Waals surface area contributed by atoms with Crippen molar-refractivity contribution in [1.29, 1.82) is 0 Å². The zero-order valence-electron chi connectivity index (χ0n) is 16.7. The number of ether oxygens (including phenoxy) is 2. The van der Waals surface area contributed by atoms with Gasteiger partial charge in [0.25, 0.3) is 0 Å². The number of aliphatic hydroxyl groups is 2. The topological polar surface area (TPSA) is 105 Å². The molecule has 156 valence electrons. The predicted molar refractivity (Wildman–Crippen MR) is 106 cm³/mol. The van der Waals surface area contributed by atoms with E-state index in [1.165, 1.54) is 25.8 Å². The largest absolute Gasteiger partial charge is 0.466 e. The fourth-order valence-electron chi connectivity index (χ4n) is 3.26. The summed E-state index contributed by atoms with van der Waals surface area (Å²) in [5.74, 6) is -0.935. The van der Waals surface area contributed by atoms with Crippen molar-refractivity contribution in [3.63, 3.8) is 0 Å². The van der Waals surface area contributed by atoms with E-state index >= 15 is 0 Å². The molecule has 1 aliphatic rings. The van der Waals surface area contributed by atoms with Gasteiger partial charge in [-0.05, 0) is 25.5 Å². The van der Waals surface area contributed by atoms with Gasteiger partial charge in [0.2, 0.25) is 10.8 Å². The Balaban J connectivity index is 2.37. The molecule has 3 N–H and O–H groups in total. The van der Waals surface area contributed by atoms with Crippen molar-refractivity contribution in [3.8, 4) is 0 Å². The molecule has 0 bridgehead atoms. The molecular weight excluding hydrogens is 382 g/mol. The fraction of sp³-hybridized carbons (Fsp3) is 0.600. The summed E-state index contributed by atoms with van der Waals surface area (Å²) in [6.07, 6.45) is -1.87. The van der Waals surface area contributed by atoms with Crippen molar-refractivity contribution in [3.05, 3.63) is 29.8 Å². The Kier molecular flexibility index (Phi) is 7.88. The monoisotopic (exact) mass is 411 g/mol. The summed E-state index contributed by atoms with van der Waals surface area (Å²) in [7, 11) is 1.27. The van der Waals surface area contributed by atoms with E-state index in [1.54, 1.807) is 0 Å². The maximum Gasteiger partial charge on any atom is 0.349 e. The molecule has 5 atom stereocenters. The van der Waals surface area contributed by atoms with E-state index < -0.39 is 35.3 Å². The summed E-state index contributed by atoms with van der Waals surface area (Å²) < 4.78 is 11.2. The number of hydrogen-bond acceptors (Lipinski definition) is 7. The molecule has 0 radical (unpaired) electrons. The number of rotatable bonds is 7. The van der Waals surface area contributed by atoms with Crippen LogP contribution in [0.2, 0.25) is 0 Å². The lowest BCUT2D eigenvalue weighted by Gasteiger charge is -2.45. The van der Waals surface area contributed by atoms with E-state index in [0.717, 1.165) is 10.5 Å². The summed E-state index contributed by atoms with van der Waals surface area (Å²) in [6, 6.07) is 6.86. The van der Waals surface area contributed by atoms with Crippen LogP contribution < -0.4 is 5.32 Å². The van der Waals surface area contributed by atoms with Crippen LogP contribution in [0.3, 0.4) is 0 Å². The molecule has 0 unspecified atom stereocenters. The standard InChI is InChI=1S/C20H29NO6S/c1-5-14(23)10-17-18(21-13(3)22)16(24)11-20(27-17,19(25)26-4)28-15-8-6-12(2)7-9-15/h6-9,14,16-18,23-24H,5,10-11H2,1-4H3,(H,21,22)/t14-,16+,17+,18-,20-/m1/s1. The maximum atomic E-state index is 12.7. The highest BCUT2D eigenvalue weighted by molar-refractivity contribution is 8.01. The first-order valence-corrected chi connectivity index (χ1v) is 10.2. The minimum Gasteiger partial charge on any atom is -0.466 e. The number of aryl methyl sites for hydroxylation is 1. The minimum atomic E-state index is -1.48. The van der Waals surface area contributed by atoms with E-state index in [9.17, 15) is 19.8 Å². The van der Waals surface area contributed by atoms with Crippen LogP contribution in [-0.2, 0) is 19.1 Å². The molecule has 1 aromatic rings.